The van der Waals surface area contributed by atoms with E-state index in [9.17, 15) is 14.4 Å². The van der Waals surface area contributed by atoms with Crippen LogP contribution in [0.4, 0.5) is 5.69 Å². The van der Waals surface area contributed by atoms with Gasteiger partial charge in [0.05, 0.1) is 11.2 Å². The van der Waals surface area contributed by atoms with E-state index in [1.54, 1.807) is 0 Å². The Labute approximate surface area is 176 Å². The summed E-state index contributed by atoms with van der Waals surface area (Å²) in [4.78, 5) is 41.1. The van der Waals surface area contributed by atoms with E-state index in [-0.39, 0.29) is 11.8 Å². The predicted octanol–water partition coefficient (Wildman–Crippen LogP) is 2.46. The van der Waals surface area contributed by atoms with Gasteiger partial charge >= 0.3 is 0 Å². The summed E-state index contributed by atoms with van der Waals surface area (Å²) in [5.41, 5.74) is 1.71. The third-order valence-electron chi connectivity index (χ3n) is 6.96. The first-order chi connectivity index (χ1) is 14.5. The molecule has 3 atom stereocenters. The van der Waals surface area contributed by atoms with Crippen LogP contribution < -0.4 is 5.32 Å². The van der Waals surface area contributed by atoms with Crippen LogP contribution >= 0.6 is 0 Å². The number of piperidine rings is 3. The molecule has 1 aromatic carbocycles. The minimum Gasteiger partial charge on any atom is -0.340 e. The highest BCUT2D eigenvalue weighted by molar-refractivity contribution is 6.01. The van der Waals surface area contributed by atoms with E-state index in [2.05, 4.69) is 10.2 Å². The molecule has 0 aliphatic carbocycles. The molecule has 7 heteroatoms. The van der Waals surface area contributed by atoms with Crippen LogP contribution in [0.1, 0.15) is 32.6 Å². The Morgan fingerprint density at radius 1 is 1.17 bits per heavy atom. The highest BCUT2D eigenvalue weighted by atomic mass is 16.2. The molecule has 0 spiro atoms. The van der Waals surface area contributed by atoms with Crippen LogP contribution in [0.3, 0.4) is 0 Å². The number of benzene rings is 1. The number of carbonyl (C=O) groups is 3. The van der Waals surface area contributed by atoms with E-state index < -0.39 is 0 Å². The van der Waals surface area contributed by atoms with Crippen molar-refractivity contribution >= 4 is 34.3 Å². The molecular weight excluding hydrogens is 380 g/mol. The van der Waals surface area contributed by atoms with Crippen molar-refractivity contribution in [2.24, 2.45) is 11.8 Å². The fraction of sp³-hybridized carbons (Fsp3) is 0.522. The Morgan fingerprint density at radius 3 is 2.87 bits per heavy atom. The molecule has 2 bridgehead atoms. The minimum atomic E-state index is -0.110. The molecule has 3 aliphatic rings. The third-order valence-corrected chi connectivity index (χ3v) is 6.96. The van der Waals surface area contributed by atoms with Gasteiger partial charge in [-0.25, -0.2) is 0 Å². The normalized spacial score (nSPS) is 25.9. The molecule has 30 heavy (non-hydrogen) atoms. The molecule has 2 aromatic rings. The van der Waals surface area contributed by atoms with Gasteiger partial charge < -0.3 is 19.7 Å². The fourth-order valence-corrected chi connectivity index (χ4v) is 5.72. The first-order valence-corrected chi connectivity index (χ1v) is 10.9. The lowest BCUT2D eigenvalue weighted by molar-refractivity contribution is -0.148. The van der Waals surface area contributed by atoms with E-state index in [0.29, 0.717) is 36.8 Å². The van der Waals surface area contributed by atoms with Crippen LogP contribution in [0, 0.1) is 11.8 Å². The molecule has 5 rings (SSSR count). The summed E-state index contributed by atoms with van der Waals surface area (Å²) < 4.78 is 1.96. The zero-order valence-electron chi connectivity index (χ0n) is 17.3. The Morgan fingerprint density at radius 2 is 2.03 bits per heavy atom. The van der Waals surface area contributed by atoms with Gasteiger partial charge in [-0.05, 0) is 49.3 Å². The Kier molecular flexibility index (Phi) is 4.76. The molecule has 4 heterocycles. The Hall–Kier alpha value is -2.83. The number of anilines is 1. The molecule has 3 saturated heterocycles. The predicted molar refractivity (Wildman–Crippen MR) is 114 cm³/mol. The van der Waals surface area contributed by atoms with Crippen molar-refractivity contribution in [1.82, 2.24) is 14.4 Å². The number of carbonyl (C=O) groups excluding carboxylic acids is 3. The molecule has 0 radical (unpaired) electrons. The van der Waals surface area contributed by atoms with Crippen molar-refractivity contribution in [3.63, 3.8) is 0 Å². The summed E-state index contributed by atoms with van der Waals surface area (Å²) in [5.74, 6) is 1.11. The smallest absolute Gasteiger partial charge is 0.242 e. The number of likely N-dealkylation sites (tertiary alicyclic amines) is 1. The molecule has 0 saturated carbocycles. The first-order valence-electron chi connectivity index (χ1n) is 10.9. The zero-order valence-corrected chi connectivity index (χ0v) is 17.3. The number of aromatic nitrogens is 1. The van der Waals surface area contributed by atoms with Crippen LogP contribution in [-0.2, 0) is 20.9 Å². The van der Waals surface area contributed by atoms with Gasteiger partial charge in [0.15, 0.2) is 0 Å². The number of hydrogen-bond donors (Lipinski definition) is 1. The van der Waals surface area contributed by atoms with Gasteiger partial charge in [-0.2, -0.15) is 0 Å². The van der Waals surface area contributed by atoms with Gasteiger partial charge in [-0.3, -0.25) is 14.4 Å². The number of amides is 3. The van der Waals surface area contributed by atoms with Gasteiger partial charge in [0.1, 0.15) is 6.54 Å². The molecular formula is C23H28N4O3. The molecule has 3 fully saturated rings. The van der Waals surface area contributed by atoms with E-state index in [1.165, 1.54) is 6.92 Å². The largest absolute Gasteiger partial charge is 0.340 e. The molecule has 3 amide bonds. The summed E-state index contributed by atoms with van der Waals surface area (Å²) in [6, 6.07) is 8.01. The maximum absolute atomic E-state index is 13.2. The SMILES string of the molecule is CC(=O)Nc1cccc2c1ccn2CC(=O)N1CC2CC(C1)C1CCCC(=O)N1C2. The van der Waals surface area contributed by atoms with Crippen molar-refractivity contribution in [1.29, 1.82) is 0 Å². The van der Waals surface area contributed by atoms with Gasteiger partial charge in [0.25, 0.3) is 0 Å². The maximum atomic E-state index is 13.2. The molecule has 158 valence electrons. The van der Waals surface area contributed by atoms with E-state index in [4.69, 9.17) is 0 Å². The zero-order chi connectivity index (χ0) is 20.8. The second-order valence-electron chi connectivity index (χ2n) is 9.03. The van der Waals surface area contributed by atoms with Crippen LogP contribution in [0.15, 0.2) is 30.5 Å². The molecule has 1 N–H and O–H groups in total. The minimum absolute atomic E-state index is 0.110. The lowest BCUT2D eigenvalue weighted by atomic mass is 9.76. The molecule has 7 nitrogen and oxygen atoms in total. The summed E-state index contributed by atoms with van der Waals surface area (Å²) in [7, 11) is 0. The van der Waals surface area contributed by atoms with Crippen LogP contribution in [0.25, 0.3) is 10.9 Å². The second kappa shape index (κ2) is 7.45. The van der Waals surface area contributed by atoms with Gasteiger partial charge in [0, 0.05) is 50.6 Å². The number of nitrogens with zero attached hydrogens (tertiary/aromatic N) is 3. The summed E-state index contributed by atoms with van der Waals surface area (Å²) in [5, 5.41) is 3.79. The molecule has 3 aliphatic heterocycles. The van der Waals surface area contributed by atoms with Crippen LogP contribution in [-0.4, -0.2) is 57.8 Å². The topological polar surface area (TPSA) is 74.6 Å². The van der Waals surface area contributed by atoms with Crippen molar-refractivity contribution in [3.05, 3.63) is 30.5 Å². The maximum Gasteiger partial charge on any atom is 0.242 e. The second-order valence-corrected chi connectivity index (χ2v) is 9.03. The van der Waals surface area contributed by atoms with Gasteiger partial charge in [-0.15, -0.1) is 0 Å². The quantitative estimate of drug-likeness (QED) is 0.848. The standard InChI is InChI=1S/C23H28N4O3/c1-15(28)24-19-4-2-6-21-18(19)8-9-25(21)14-23(30)26-11-16-10-17(13-26)20-5-3-7-22(29)27(20)12-16/h2,4,6,8-9,16-17,20H,3,5,7,10-14H2,1H3,(H,24,28). The Bertz CT molecular complexity index is 1010. The van der Waals surface area contributed by atoms with Crippen molar-refractivity contribution < 1.29 is 14.4 Å². The number of hydrogen-bond acceptors (Lipinski definition) is 3. The van der Waals surface area contributed by atoms with Crippen molar-refractivity contribution in [3.8, 4) is 0 Å². The van der Waals surface area contributed by atoms with Crippen LogP contribution in [0.5, 0.6) is 0 Å². The number of fused-ring (bicyclic) bond motifs is 5. The van der Waals surface area contributed by atoms with Crippen molar-refractivity contribution in [2.45, 2.75) is 45.2 Å². The molecule has 3 unspecified atom stereocenters. The summed E-state index contributed by atoms with van der Waals surface area (Å²) in [6.45, 7) is 4.08. The van der Waals surface area contributed by atoms with E-state index >= 15 is 0 Å². The van der Waals surface area contributed by atoms with E-state index in [0.717, 1.165) is 55.5 Å². The highest BCUT2D eigenvalue weighted by Gasteiger charge is 2.44. The van der Waals surface area contributed by atoms with Gasteiger partial charge in [0.2, 0.25) is 17.7 Å². The number of nitrogens with one attached hydrogen (secondary N) is 1. The fourth-order valence-electron chi connectivity index (χ4n) is 5.72. The van der Waals surface area contributed by atoms with E-state index in [1.807, 2.05) is 39.9 Å². The average Bonchev–Trinajstić information content (AvgIpc) is 3.12. The highest BCUT2D eigenvalue weighted by Crippen LogP contribution is 2.38. The lowest BCUT2D eigenvalue weighted by Gasteiger charge is -2.52. The third kappa shape index (κ3) is 3.36. The monoisotopic (exact) mass is 408 g/mol. The van der Waals surface area contributed by atoms with Crippen LogP contribution in [0.2, 0.25) is 0 Å². The summed E-state index contributed by atoms with van der Waals surface area (Å²) >= 11 is 0. The van der Waals surface area contributed by atoms with Crippen molar-refractivity contribution in [2.75, 3.05) is 25.0 Å². The summed E-state index contributed by atoms with van der Waals surface area (Å²) in [6.07, 6.45) is 5.77. The lowest BCUT2D eigenvalue weighted by Crippen LogP contribution is -2.61. The molecule has 1 aromatic heterocycles. The average molecular weight is 409 g/mol. The number of rotatable bonds is 3. The Balaban J connectivity index is 1.32. The first kappa shape index (κ1) is 19.2. The van der Waals surface area contributed by atoms with Gasteiger partial charge in [-0.1, -0.05) is 6.07 Å².